The molecule has 2 N–H and O–H groups in total. The minimum Gasteiger partial charge on any atom is -0.366 e. The molecule has 0 aliphatic carbocycles. The number of nitrogens with one attached hydrogen (secondary N) is 2. The molecule has 0 aliphatic heterocycles. The van der Waals surface area contributed by atoms with Gasteiger partial charge < -0.3 is 5.32 Å². The van der Waals surface area contributed by atoms with Gasteiger partial charge in [0.2, 0.25) is 0 Å². The van der Waals surface area contributed by atoms with E-state index in [0.717, 1.165) is 11.1 Å². The third kappa shape index (κ3) is 4.54. The van der Waals surface area contributed by atoms with E-state index in [-0.39, 0.29) is 4.90 Å². The maximum atomic E-state index is 12.4. The molecular formula is C18H18N4O2S. The SMILES string of the molecule is Cc1cccc(S(=O)(=O)Nc2ccc(NCc3cccnc3)nc2)c1. The van der Waals surface area contributed by atoms with Gasteiger partial charge in [-0.15, -0.1) is 0 Å². The average Bonchev–Trinajstić information content (AvgIpc) is 2.62. The molecule has 0 bridgehead atoms. The standard InChI is InChI=1S/C18H18N4O2S/c1-14-4-2-6-17(10-14)25(23,24)22-16-7-8-18(21-13-16)20-12-15-5-3-9-19-11-15/h2-11,13,22H,12H2,1H3,(H,20,21). The first-order valence-corrected chi connectivity index (χ1v) is 9.19. The van der Waals surface area contributed by atoms with Crippen LogP contribution in [0.5, 0.6) is 0 Å². The van der Waals surface area contributed by atoms with Crippen molar-refractivity contribution in [2.45, 2.75) is 18.4 Å². The van der Waals surface area contributed by atoms with E-state index in [9.17, 15) is 8.42 Å². The van der Waals surface area contributed by atoms with E-state index in [1.54, 1.807) is 42.7 Å². The lowest BCUT2D eigenvalue weighted by Gasteiger charge is -2.10. The summed E-state index contributed by atoms with van der Waals surface area (Å²) >= 11 is 0. The van der Waals surface area contributed by atoms with E-state index >= 15 is 0 Å². The van der Waals surface area contributed by atoms with E-state index in [2.05, 4.69) is 20.0 Å². The number of aromatic nitrogens is 2. The fraction of sp³-hybridized carbons (Fsp3) is 0.111. The van der Waals surface area contributed by atoms with Crippen LogP contribution < -0.4 is 10.0 Å². The molecule has 3 rings (SSSR count). The van der Waals surface area contributed by atoms with Crippen molar-refractivity contribution >= 4 is 21.5 Å². The lowest BCUT2D eigenvalue weighted by molar-refractivity contribution is 0.601. The zero-order valence-corrected chi connectivity index (χ0v) is 14.5. The van der Waals surface area contributed by atoms with Gasteiger partial charge >= 0.3 is 0 Å². The summed E-state index contributed by atoms with van der Waals surface area (Å²) in [4.78, 5) is 8.51. The van der Waals surface area contributed by atoms with E-state index in [1.165, 1.54) is 6.20 Å². The molecule has 0 unspecified atom stereocenters. The molecule has 6 nitrogen and oxygen atoms in total. The Hall–Kier alpha value is -2.93. The molecule has 0 aliphatic rings. The molecule has 0 amide bonds. The van der Waals surface area contributed by atoms with Crippen LogP contribution in [0.15, 0.2) is 72.0 Å². The Morgan fingerprint density at radius 2 is 1.92 bits per heavy atom. The molecular weight excluding hydrogens is 336 g/mol. The number of aryl methyl sites for hydroxylation is 1. The Morgan fingerprint density at radius 3 is 2.60 bits per heavy atom. The van der Waals surface area contributed by atoms with Gasteiger partial charge in [0.1, 0.15) is 5.82 Å². The van der Waals surface area contributed by atoms with Gasteiger partial charge in [-0.2, -0.15) is 0 Å². The zero-order valence-electron chi connectivity index (χ0n) is 13.7. The Morgan fingerprint density at radius 1 is 1.04 bits per heavy atom. The lowest BCUT2D eigenvalue weighted by Crippen LogP contribution is -2.13. The number of pyridine rings is 2. The highest BCUT2D eigenvalue weighted by Gasteiger charge is 2.14. The van der Waals surface area contributed by atoms with Gasteiger partial charge in [-0.25, -0.2) is 13.4 Å². The van der Waals surface area contributed by atoms with Crippen molar-refractivity contribution in [1.82, 2.24) is 9.97 Å². The molecule has 0 saturated carbocycles. The first kappa shape index (κ1) is 16.9. The fourth-order valence-corrected chi connectivity index (χ4v) is 3.40. The summed E-state index contributed by atoms with van der Waals surface area (Å²) in [6, 6.07) is 14.0. The molecule has 0 fully saturated rings. The van der Waals surface area contributed by atoms with E-state index in [4.69, 9.17) is 0 Å². The van der Waals surface area contributed by atoms with Crippen LogP contribution in [0, 0.1) is 6.92 Å². The topological polar surface area (TPSA) is 84.0 Å². The van der Waals surface area contributed by atoms with Crippen LogP contribution in [0.4, 0.5) is 11.5 Å². The van der Waals surface area contributed by atoms with E-state index in [0.29, 0.717) is 18.1 Å². The molecule has 0 spiro atoms. The highest BCUT2D eigenvalue weighted by atomic mass is 32.2. The molecule has 0 atom stereocenters. The summed E-state index contributed by atoms with van der Waals surface area (Å²) in [5.74, 6) is 0.655. The van der Waals surface area contributed by atoms with Crippen LogP contribution in [0.3, 0.4) is 0 Å². The fourth-order valence-electron chi connectivity index (χ4n) is 2.25. The number of rotatable bonds is 6. The number of benzene rings is 1. The molecule has 25 heavy (non-hydrogen) atoms. The molecule has 0 radical (unpaired) electrons. The molecule has 0 saturated heterocycles. The smallest absolute Gasteiger partial charge is 0.261 e. The molecule has 128 valence electrons. The van der Waals surface area contributed by atoms with Gasteiger partial charge in [0.25, 0.3) is 10.0 Å². The van der Waals surface area contributed by atoms with Gasteiger partial charge in [-0.05, 0) is 48.4 Å². The number of sulfonamides is 1. The summed E-state index contributed by atoms with van der Waals surface area (Å²) in [5, 5.41) is 3.16. The Labute approximate surface area is 147 Å². The number of hydrogen-bond donors (Lipinski definition) is 2. The second-order valence-corrected chi connectivity index (χ2v) is 7.25. The minimum atomic E-state index is -3.62. The van der Waals surface area contributed by atoms with Crippen molar-refractivity contribution in [1.29, 1.82) is 0 Å². The monoisotopic (exact) mass is 354 g/mol. The van der Waals surface area contributed by atoms with E-state index < -0.39 is 10.0 Å². The number of nitrogens with zero attached hydrogens (tertiary/aromatic N) is 2. The second-order valence-electron chi connectivity index (χ2n) is 5.57. The van der Waals surface area contributed by atoms with Crippen LogP contribution in [-0.2, 0) is 16.6 Å². The van der Waals surface area contributed by atoms with Gasteiger partial charge in [0.05, 0.1) is 16.8 Å². The highest BCUT2D eigenvalue weighted by molar-refractivity contribution is 7.92. The average molecular weight is 354 g/mol. The predicted octanol–water partition coefficient (Wildman–Crippen LogP) is 3.20. The van der Waals surface area contributed by atoms with E-state index in [1.807, 2.05) is 25.1 Å². The first-order chi connectivity index (χ1) is 12.0. The second kappa shape index (κ2) is 7.31. The van der Waals surface area contributed by atoms with Crippen molar-refractivity contribution in [3.05, 3.63) is 78.2 Å². The Bertz CT molecular complexity index is 942. The summed E-state index contributed by atoms with van der Waals surface area (Å²) < 4.78 is 27.3. The molecule has 7 heteroatoms. The lowest BCUT2D eigenvalue weighted by atomic mass is 10.2. The number of anilines is 2. The van der Waals surface area contributed by atoms with Crippen molar-refractivity contribution in [2.75, 3.05) is 10.0 Å². The molecule has 2 aromatic heterocycles. The summed E-state index contributed by atoms with van der Waals surface area (Å²) in [6.45, 7) is 2.44. The van der Waals surface area contributed by atoms with Gasteiger partial charge in [-0.3, -0.25) is 9.71 Å². The highest BCUT2D eigenvalue weighted by Crippen LogP contribution is 2.17. The van der Waals surface area contributed by atoms with Crippen LogP contribution >= 0.6 is 0 Å². The zero-order chi connectivity index (χ0) is 17.7. The maximum absolute atomic E-state index is 12.4. The quantitative estimate of drug-likeness (QED) is 0.710. The van der Waals surface area contributed by atoms with Gasteiger partial charge in [-0.1, -0.05) is 18.2 Å². The predicted molar refractivity (Wildman–Crippen MR) is 97.8 cm³/mol. The normalized spacial score (nSPS) is 11.1. The third-order valence-corrected chi connectivity index (χ3v) is 4.89. The minimum absolute atomic E-state index is 0.228. The van der Waals surface area contributed by atoms with Crippen LogP contribution in [-0.4, -0.2) is 18.4 Å². The summed E-state index contributed by atoms with van der Waals surface area (Å²) in [5.41, 5.74) is 2.33. The van der Waals surface area contributed by atoms with Gasteiger partial charge in [0, 0.05) is 18.9 Å². The third-order valence-electron chi connectivity index (χ3n) is 3.51. The van der Waals surface area contributed by atoms with Crippen molar-refractivity contribution < 1.29 is 8.42 Å². The molecule has 2 heterocycles. The summed E-state index contributed by atoms with van der Waals surface area (Å²) in [7, 11) is -3.62. The Balaban J connectivity index is 1.66. The van der Waals surface area contributed by atoms with Crippen molar-refractivity contribution in [2.24, 2.45) is 0 Å². The molecule has 3 aromatic rings. The van der Waals surface area contributed by atoms with Crippen molar-refractivity contribution in [3.63, 3.8) is 0 Å². The van der Waals surface area contributed by atoms with Crippen LogP contribution in [0.2, 0.25) is 0 Å². The summed E-state index contributed by atoms with van der Waals surface area (Å²) in [6.07, 6.45) is 4.98. The van der Waals surface area contributed by atoms with Gasteiger partial charge in [0.15, 0.2) is 0 Å². The largest absolute Gasteiger partial charge is 0.366 e. The Kier molecular flexibility index (Phi) is 4.95. The van der Waals surface area contributed by atoms with Crippen LogP contribution in [0.25, 0.3) is 0 Å². The van der Waals surface area contributed by atoms with Crippen molar-refractivity contribution in [3.8, 4) is 0 Å². The maximum Gasteiger partial charge on any atom is 0.261 e. The first-order valence-electron chi connectivity index (χ1n) is 7.71. The van der Waals surface area contributed by atoms with Crippen LogP contribution in [0.1, 0.15) is 11.1 Å². The number of hydrogen-bond acceptors (Lipinski definition) is 5. The molecule has 1 aromatic carbocycles.